The van der Waals surface area contributed by atoms with Crippen LogP contribution in [-0.2, 0) is 4.79 Å². The lowest BCUT2D eigenvalue weighted by Crippen LogP contribution is -2.17. The number of methoxy groups -OCH3 is 1. The summed E-state index contributed by atoms with van der Waals surface area (Å²) in [6.07, 6.45) is -4.76. The molecule has 0 spiro atoms. The van der Waals surface area contributed by atoms with Gasteiger partial charge in [-0.2, -0.15) is 0 Å². The van der Waals surface area contributed by atoms with Gasteiger partial charge in [0.25, 0.3) is 0 Å². The van der Waals surface area contributed by atoms with E-state index in [1.165, 1.54) is 23.9 Å². The Morgan fingerprint density at radius 2 is 1.80 bits per heavy atom. The van der Waals surface area contributed by atoms with Crippen molar-refractivity contribution in [1.82, 2.24) is 10.2 Å². The van der Waals surface area contributed by atoms with Gasteiger partial charge in [-0.15, -0.1) is 23.4 Å². The molecule has 1 aromatic heterocycles. The first-order chi connectivity index (χ1) is 14.3. The van der Waals surface area contributed by atoms with E-state index in [0.29, 0.717) is 22.2 Å². The fraction of sp³-hybridized carbons (Fsp3) is 0.150. The molecule has 0 fully saturated rings. The molecule has 156 valence electrons. The van der Waals surface area contributed by atoms with Crippen molar-refractivity contribution in [3.8, 4) is 22.8 Å². The highest BCUT2D eigenvalue weighted by molar-refractivity contribution is 7.99. The van der Waals surface area contributed by atoms with E-state index in [1.807, 2.05) is 24.3 Å². The number of benzene rings is 2. The fourth-order valence-corrected chi connectivity index (χ4v) is 3.02. The van der Waals surface area contributed by atoms with Gasteiger partial charge in [0.2, 0.25) is 5.91 Å². The molecule has 0 aliphatic heterocycles. The molecule has 6 nitrogen and oxygen atoms in total. The Bertz CT molecular complexity index is 997. The standard InChI is InChI=1S/C20H16F3N3O3S/c1-28-16-4-2-3-13(11-16)17-9-10-19(26-25-17)30-12-18(27)24-14-5-7-15(8-6-14)29-20(21,22)23/h2-11H,12H2,1H3,(H,24,27). The highest BCUT2D eigenvalue weighted by atomic mass is 32.2. The number of halogens is 3. The Labute approximate surface area is 174 Å². The number of hydrogen-bond acceptors (Lipinski definition) is 6. The zero-order valence-corrected chi connectivity index (χ0v) is 16.5. The third kappa shape index (κ3) is 6.38. The Balaban J connectivity index is 1.52. The van der Waals surface area contributed by atoms with Crippen LogP contribution < -0.4 is 14.8 Å². The van der Waals surface area contributed by atoms with Crippen LogP contribution in [0.2, 0.25) is 0 Å². The maximum atomic E-state index is 12.2. The summed E-state index contributed by atoms with van der Waals surface area (Å²) >= 11 is 1.19. The molecule has 0 radical (unpaired) electrons. The van der Waals surface area contributed by atoms with Crippen LogP contribution in [0.5, 0.6) is 11.5 Å². The van der Waals surface area contributed by atoms with E-state index in [9.17, 15) is 18.0 Å². The van der Waals surface area contributed by atoms with Crippen LogP contribution in [0.4, 0.5) is 18.9 Å². The number of carbonyl (C=O) groups excluding carboxylic acids is 1. The largest absolute Gasteiger partial charge is 0.573 e. The van der Waals surface area contributed by atoms with Crippen LogP contribution >= 0.6 is 11.8 Å². The monoisotopic (exact) mass is 435 g/mol. The zero-order valence-electron chi connectivity index (χ0n) is 15.6. The van der Waals surface area contributed by atoms with Gasteiger partial charge in [0.15, 0.2) is 0 Å². The number of amides is 1. The Morgan fingerprint density at radius 3 is 2.43 bits per heavy atom. The Hall–Kier alpha value is -3.27. The first kappa shape index (κ1) is 21.4. The smallest absolute Gasteiger partial charge is 0.497 e. The molecule has 0 saturated carbocycles. The summed E-state index contributed by atoms with van der Waals surface area (Å²) < 4.78 is 45.4. The van der Waals surface area contributed by atoms with Gasteiger partial charge < -0.3 is 14.8 Å². The molecule has 3 rings (SSSR count). The van der Waals surface area contributed by atoms with Gasteiger partial charge in [0.05, 0.1) is 18.6 Å². The number of alkyl halides is 3. The van der Waals surface area contributed by atoms with Crippen LogP contribution in [0, 0.1) is 0 Å². The highest BCUT2D eigenvalue weighted by Gasteiger charge is 2.30. The van der Waals surface area contributed by atoms with Gasteiger partial charge in [0.1, 0.15) is 16.5 Å². The predicted octanol–water partition coefficient (Wildman–Crippen LogP) is 4.78. The van der Waals surface area contributed by atoms with Crippen molar-refractivity contribution in [2.24, 2.45) is 0 Å². The molecule has 0 saturated heterocycles. The van der Waals surface area contributed by atoms with Crippen molar-refractivity contribution in [2.75, 3.05) is 18.2 Å². The summed E-state index contributed by atoms with van der Waals surface area (Å²) in [6.45, 7) is 0. The van der Waals surface area contributed by atoms with Crippen LogP contribution in [0.15, 0.2) is 65.7 Å². The lowest BCUT2D eigenvalue weighted by Gasteiger charge is -2.10. The summed E-state index contributed by atoms with van der Waals surface area (Å²) in [4.78, 5) is 12.1. The van der Waals surface area contributed by atoms with Crippen molar-refractivity contribution in [3.63, 3.8) is 0 Å². The number of anilines is 1. The molecule has 2 aromatic carbocycles. The second kappa shape index (κ2) is 9.49. The minimum absolute atomic E-state index is 0.0635. The molecule has 0 aliphatic rings. The molecule has 1 amide bonds. The van der Waals surface area contributed by atoms with E-state index in [4.69, 9.17) is 4.74 Å². The number of hydrogen-bond donors (Lipinski definition) is 1. The molecule has 0 atom stereocenters. The van der Waals surface area contributed by atoms with E-state index >= 15 is 0 Å². The van der Waals surface area contributed by atoms with Crippen molar-refractivity contribution < 1.29 is 27.4 Å². The van der Waals surface area contributed by atoms with Crippen LogP contribution in [0.1, 0.15) is 0 Å². The van der Waals surface area contributed by atoms with Gasteiger partial charge in [-0.1, -0.05) is 23.9 Å². The molecule has 0 bridgehead atoms. The van der Waals surface area contributed by atoms with E-state index in [2.05, 4.69) is 20.3 Å². The molecule has 1 heterocycles. The Kier molecular flexibility index (Phi) is 6.78. The van der Waals surface area contributed by atoms with E-state index < -0.39 is 6.36 Å². The first-order valence-corrected chi connectivity index (χ1v) is 9.57. The third-order valence-corrected chi connectivity index (χ3v) is 4.65. The van der Waals surface area contributed by atoms with E-state index in [1.54, 1.807) is 19.2 Å². The molecule has 1 N–H and O–H groups in total. The minimum atomic E-state index is -4.76. The number of aromatic nitrogens is 2. The van der Waals surface area contributed by atoms with Gasteiger partial charge >= 0.3 is 6.36 Å². The average Bonchev–Trinajstić information content (AvgIpc) is 2.73. The van der Waals surface area contributed by atoms with Crippen LogP contribution in [0.3, 0.4) is 0 Å². The maximum absolute atomic E-state index is 12.2. The second-order valence-corrected chi connectivity index (χ2v) is 6.89. The van der Waals surface area contributed by atoms with Crippen molar-refractivity contribution in [3.05, 3.63) is 60.7 Å². The van der Waals surface area contributed by atoms with E-state index in [0.717, 1.165) is 17.7 Å². The number of nitrogens with one attached hydrogen (secondary N) is 1. The topological polar surface area (TPSA) is 73.3 Å². The normalized spacial score (nSPS) is 11.1. The van der Waals surface area contributed by atoms with Crippen molar-refractivity contribution >= 4 is 23.4 Å². The summed E-state index contributed by atoms with van der Waals surface area (Å²) in [5, 5.41) is 11.4. The van der Waals surface area contributed by atoms with Gasteiger partial charge in [-0.3, -0.25) is 4.79 Å². The lowest BCUT2D eigenvalue weighted by molar-refractivity contribution is -0.274. The van der Waals surface area contributed by atoms with Crippen molar-refractivity contribution in [1.29, 1.82) is 0 Å². The lowest BCUT2D eigenvalue weighted by atomic mass is 10.1. The molecular weight excluding hydrogens is 419 g/mol. The van der Waals surface area contributed by atoms with Crippen LogP contribution in [0.25, 0.3) is 11.3 Å². The molecule has 3 aromatic rings. The second-order valence-electron chi connectivity index (χ2n) is 5.90. The number of rotatable bonds is 7. The molecule has 30 heavy (non-hydrogen) atoms. The van der Waals surface area contributed by atoms with Gasteiger partial charge in [-0.25, -0.2) is 0 Å². The maximum Gasteiger partial charge on any atom is 0.573 e. The van der Waals surface area contributed by atoms with Crippen molar-refractivity contribution in [2.45, 2.75) is 11.4 Å². The zero-order chi connectivity index (χ0) is 21.6. The molecular formula is C20H16F3N3O3S. The summed E-state index contributed by atoms with van der Waals surface area (Å²) in [6, 6.07) is 15.9. The highest BCUT2D eigenvalue weighted by Crippen LogP contribution is 2.25. The van der Waals surface area contributed by atoms with Gasteiger partial charge in [0, 0.05) is 11.3 Å². The average molecular weight is 435 g/mol. The van der Waals surface area contributed by atoms with Gasteiger partial charge in [-0.05, 0) is 48.5 Å². The summed E-state index contributed by atoms with van der Waals surface area (Å²) in [5.41, 5.74) is 1.88. The quantitative estimate of drug-likeness (QED) is 0.539. The van der Waals surface area contributed by atoms with Crippen LogP contribution in [-0.4, -0.2) is 35.3 Å². The molecule has 0 aliphatic carbocycles. The summed E-state index contributed by atoms with van der Waals surface area (Å²) in [5.74, 6) is 0.0837. The first-order valence-electron chi connectivity index (χ1n) is 8.59. The Morgan fingerprint density at radius 1 is 1.03 bits per heavy atom. The SMILES string of the molecule is COc1cccc(-c2ccc(SCC(=O)Nc3ccc(OC(F)(F)F)cc3)nn2)c1. The minimum Gasteiger partial charge on any atom is -0.497 e. The molecule has 10 heteroatoms. The number of ether oxygens (including phenoxy) is 2. The number of nitrogens with zero attached hydrogens (tertiary/aromatic N) is 2. The predicted molar refractivity (Wildman–Crippen MR) is 106 cm³/mol. The number of thioether (sulfide) groups is 1. The van der Waals surface area contributed by atoms with E-state index in [-0.39, 0.29) is 17.4 Å². The molecule has 0 unspecified atom stereocenters. The number of carbonyl (C=O) groups is 1. The summed E-state index contributed by atoms with van der Waals surface area (Å²) in [7, 11) is 1.58. The fourth-order valence-electron chi connectivity index (χ4n) is 2.41. The third-order valence-electron chi connectivity index (χ3n) is 3.73.